The van der Waals surface area contributed by atoms with Gasteiger partial charge in [-0.15, -0.1) is 0 Å². The molecule has 2 rings (SSSR count). The van der Waals surface area contributed by atoms with Gasteiger partial charge in [0.1, 0.15) is 0 Å². The van der Waals surface area contributed by atoms with Crippen LogP contribution in [0.15, 0.2) is 12.1 Å². The lowest BCUT2D eigenvalue weighted by Gasteiger charge is -2.43. The van der Waals surface area contributed by atoms with Crippen LogP contribution in [0.2, 0.25) is 0 Å². The Kier molecular flexibility index (Phi) is 4.84. The first-order valence-electron chi connectivity index (χ1n) is 7.42. The van der Waals surface area contributed by atoms with E-state index >= 15 is 0 Å². The lowest BCUT2D eigenvalue weighted by Crippen LogP contribution is -2.48. The van der Waals surface area contributed by atoms with E-state index in [2.05, 4.69) is 38.2 Å². The van der Waals surface area contributed by atoms with Crippen LogP contribution in [0.3, 0.4) is 0 Å². The molecule has 1 aromatic rings. The van der Waals surface area contributed by atoms with E-state index in [0.29, 0.717) is 0 Å². The number of benzene rings is 1. The SMILES string of the molecule is CNC(c1cc(C)c(C)cc1C)C1(OC)CCOCC1. The summed E-state index contributed by atoms with van der Waals surface area (Å²) in [6, 6.07) is 4.79. The summed E-state index contributed by atoms with van der Waals surface area (Å²) >= 11 is 0. The molecule has 20 heavy (non-hydrogen) atoms. The number of likely N-dealkylation sites (N-methyl/N-ethyl adjacent to an activating group) is 1. The fourth-order valence-corrected chi connectivity index (χ4v) is 3.32. The zero-order valence-corrected chi connectivity index (χ0v) is 13.4. The summed E-state index contributed by atoms with van der Waals surface area (Å²) in [7, 11) is 3.85. The average molecular weight is 277 g/mol. The second-order valence-electron chi connectivity index (χ2n) is 5.90. The Labute approximate surface area is 122 Å². The van der Waals surface area contributed by atoms with Gasteiger partial charge in [0.2, 0.25) is 0 Å². The van der Waals surface area contributed by atoms with Gasteiger partial charge in [-0.2, -0.15) is 0 Å². The molecule has 1 aliphatic heterocycles. The van der Waals surface area contributed by atoms with Gasteiger partial charge in [0.05, 0.1) is 11.6 Å². The molecule has 0 aromatic heterocycles. The summed E-state index contributed by atoms with van der Waals surface area (Å²) in [5.41, 5.74) is 5.19. The first-order chi connectivity index (χ1) is 9.54. The molecule has 0 aliphatic carbocycles. The Morgan fingerprint density at radius 2 is 1.70 bits per heavy atom. The minimum atomic E-state index is -0.167. The monoisotopic (exact) mass is 277 g/mol. The Morgan fingerprint density at radius 1 is 1.10 bits per heavy atom. The third kappa shape index (κ3) is 2.76. The van der Waals surface area contributed by atoms with E-state index in [1.807, 2.05) is 14.2 Å². The molecule has 1 N–H and O–H groups in total. The molecule has 1 aliphatic rings. The van der Waals surface area contributed by atoms with Crippen LogP contribution in [-0.2, 0) is 9.47 Å². The minimum absolute atomic E-state index is 0.167. The molecule has 1 fully saturated rings. The van der Waals surface area contributed by atoms with Gasteiger partial charge in [0.25, 0.3) is 0 Å². The van der Waals surface area contributed by atoms with Crippen molar-refractivity contribution in [2.24, 2.45) is 0 Å². The molecule has 1 saturated heterocycles. The highest BCUT2D eigenvalue weighted by Gasteiger charge is 2.41. The van der Waals surface area contributed by atoms with Crippen LogP contribution in [0.4, 0.5) is 0 Å². The molecule has 1 heterocycles. The van der Waals surface area contributed by atoms with Gasteiger partial charge < -0.3 is 14.8 Å². The van der Waals surface area contributed by atoms with Gasteiger partial charge in [0, 0.05) is 33.2 Å². The topological polar surface area (TPSA) is 30.5 Å². The Hall–Kier alpha value is -0.900. The number of rotatable bonds is 4. The quantitative estimate of drug-likeness (QED) is 0.917. The Balaban J connectivity index is 2.43. The van der Waals surface area contributed by atoms with Crippen molar-refractivity contribution in [3.05, 3.63) is 34.4 Å². The normalized spacial score (nSPS) is 19.9. The fraction of sp³-hybridized carbons (Fsp3) is 0.647. The number of hydrogen-bond acceptors (Lipinski definition) is 3. The lowest BCUT2D eigenvalue weighted by molar-refractivity contribution is -0.110. The van der Waals surface area contributed by atoms with Crippen LogP contribution >= 0.6 is 0 Å². The van der Waals surface area contributed by atoms with Crippen LogP contribution in [0.5, 0.6) is 0 Å². The van der Waals surface area contributed by atoms with Crippen molar-refractivity contribution >= 4 is 0 Å². The van der Waals surface area contributed by atoms with E-state index in [0.717, 1.165) is 26.1 Å². The van der Waals surface area contributed by atoms with Crippen LogP contribution in [0.25, 0.3) is 0 Å². The highest BCUT2D eigenvalue weighted by Crippen LogP contribution is 2.38. The number of aryl methyl sites for hydroxylation is 3. The number of methoxy groups -OCH3 is 1. The van der Waals surface area contributed by atoms with Gasteiger partial charge in [-0.3, -0.25) is 0 Å². The summed E-state index contributed by atoms with van der Waals surface area (Å²) < 4.78 is 11.5. The molecule has 1 unspecified atom stereocenters. The standard InChI is InChI=1S/C17H27NO2/c1-12-10-14(3)15(11-13(12)2)16(18-4)17(19-5)6-8-20-9-7-17/h10-11,16,18H,6-9H2,1-5H3. The van der Waals surface area contributed by atoms with Crippen molar-refractivity contribution in [3.8, 4) is 0 Å². The molecular weight excluding hydrogens is 250 g/mol. The van der Waals surface area contributed by atoms with Crippen LogP contribution < -0.4 is 5.32 Å². The highest BCUT2D eigenvalue weighted by molar-refractivity contribution is 5.39. The molecule has 112 valence electrons. The Morgan fingerprint density at radius 3 is 2.25 bits per heavy atom. The number of nitrogens with one attached hydrogen (secondary N) is 1. The molecular formula is C17H27NO2. The molecule has 0 amide bonds. The van der Waals surface area contributed by atoms with Crippen molar-refractivity contribution in [1.82, 2.24) is 5.32 Å². The van der Waals surface area contributed by atoms with E-state index in [1.54, 1.807) is 0 Å². The first-order valence-corrected chi connectivity index (χ1v) is 7.42. The first kappa shape index (κ1) is 15.5. The maximum atomic E-state index is 5.97. The van der Waals surface area contributed by atoms with Crippen molar-refractivity contribution < 1.29 is 9.47 Å². The fourth-order valence-electron chi connectivity index (χ4n) is 3.32. The van der Waals surface area contributed by atoms with E-state index in [1.165, 1.54) is 22.3 Å². The summed E-state index contributed by atoms with van der Waals surface area (Å²) in [5.74, 6) is 0. The van der Waals surface area contributed by atoms with Crippen LogP contribution in [0, 0.1) is 20.8 Å². The van der Waals surface area contributed by atoms with Crippen LogP contribution in [-0.4, -0.2) is 33.0 Å². The summed E-state index contributed by atoms with van der Waals surface area (Å²) in [6.45, 7) is 8.08. The second-order valence-corrected chi connectivity index (χ2v) is 5.90. The molecule has 0 saturated carbocycles. The maximum Gasteiger partial charge on any atom is 0.0916 e. The van der Waals surface area contributed by atoms with E-state index in [4.69, 9.17) is 9.47 Å². The molecule has 3 heteroatoms. The third-order valence-corrected chi connectivity index (χ3v) is 4.75. The number of hydrogen-bond donors (Lipinski definition) is 1. The minimum Gasteiger partial charge on any atom is -0.381 e. The number of ether oxygens (including phenoxy) is 2. The highest BCUT2D eigenvalue weighted by atomic mass is 16.5. The van der Waals surface area contributed by atoms with E-state index in [-0.39, 0.29) is 11.6 Å². The van der Waals surface area contributed by atoms with Gasteiger partial charge >= 0.3 is 0 Å². The summed E-state index contributed by atoms with van der Waals surface area (Å²) in [5, 5.41) is 3.49. The predicted molar refractivity (Wildman–Crippen MR) is 82.2 cm³/mol. The molecule has 1 aromatic carbocycles. The van der Waals surface area contributed by atoms with Gasteiger partial charge in [-0.25, -0.2) is 0 Å². The van der Waals surface area contributed by atoms with Crippen molar-refractivity contribution in [2.45, 2.75) is 45.3 Å². The van der Waals surface area contributed by atoms with Gasteiger partial charge in [-0.05, 0) is 50.1 Å². The van der Waals surface area contributed by atoms with E-state index in [9.17, 15) is 0 Å². The lowest BCUT2D eigenvalue weighted by atomic mass is 9.80. The van der Waals surface area contributed by atoms with Crippen molar-refractivity contribution in [3.63, 3.8) is 0 Å². The molecule has 0 spiro atoms. The summed E-state index contributed by atoms with van der Waals surface area (Å²) in [4.78, 5) is 0. The largest absolute Gasteiger partial charge is 0.381 e. The zero-order valence-electron chi connectivity index (χ0n) is 13.4. The van der Waals surface area contributed by atoms with Crippen LogP contribution in [0.1, 0.15) is 41.1 Å². The molecule has 0 radical (unpaired) electrons. The molecule has 3 nitrogen and oxygen atoms in total. The zero-order chi connectivity index (χ0) is 14.8. The Bertz CT molecular complexity index is 464. The smallest absolute Gasteiger partial charge is 0.0916 e. The second kappa shape index (κ2) is 6.25. The van der Waals surface area contributed by atoms with Crippen molar-refractivity contribution in [2.75, 3.05) is 27.4 Å². The van der Waals surface area contributed by atoms with E-state index < -0.39 is 0 Å². The molecule has 0 bridgehead atoms. The van der Waals surface area contributed by atoms with Gasteiger partial charge in [-0.1, -0.05) is 12.1 Å². The molecule has 1 atom stereocenters. The summed E-state index contributed by atoms with van der Waals surface area (Å²) in [6.07, 6.45) is 1.86. The third-order valence-electron chi connectivity index (χ3n) is 4.75. The van der Waals surface area contributed by atoms with Gasteiger partial charge in [0.15, 0.2) is 0 Å². The maximum absolute atomic E-state index is 5.97. The van der Waals surface area contributed by atoms with Crippen molar-refractivity contribution in [1.29, 1.82) is 0 Å². The average Bonchev–Trinajstić information content (AvgIpc) is 2.46. The predicted octanol–water partition coefficient (Wildman–Crippen LogP) is 3.07.